The number of morpholine rings is 1. The summed E-state index contributed by atoms with van der Waals surface area (Å²) in [6, 6.07) is 4.26. The molecule has 1 fully saturated rings. The van der Waals surface area contributed by atoms with Crippen LogP contribution in [0.4, 0.5) is 13.2 Å². The lowest BCUT2D eigenvalue weighted by Crippen LogP contribution is -2.39. The lowest BCUT2D eigenvalue weighted by atomic mass is 10.0. The third-order valence-corrected chi connectivity index (χ3v) is 7.46. The molecule has 180 valence electrons. The number of nitrogens with zero attached hydrogens (tertiary/aromatic N) is 4. The second kappa shape index (κ2) is 9.12. The molecule has 0 aliphatic carbocycles. The standard InChI is InChI=1S/C23H23F3N4O3S/c24-23(25,26)16-3-1-15(2-4-16)21(31)29-6-5-17-18(13-29)34-20-19(17)22(32)30(14-27-20)8-7-28-9-11-33-12-10-28/h1-4,14H,5-13H2. The monoisotopic (exact) mass is 492 g/mol. The molecule has 2 aromatic heterocycles. The molecule has 0 bridgehead atoms. The minimum Gasteiger partial charge on any atom is -0.379 e. The smallest absolute Gasteiger partial charge is 0.379 e. The van der Waals surface area contributed by atoms with Gasteiger partial charge in [0.2, 0.25) is 0 Å². The van der Waals surface area contributed by atoms with Gasteiger partial charge in [0.25, 0.3) is 11.5 Å². The van der Waals surface area contributed by atoms with Gasteiger partial charge in [0.15, 0.2) is 0 Å². The number of carbonyl (C=O) groups excluding carboxylic acids is 1. The third kappa shape index (κ3) is 4.47. The summed E-state index contributed by atoms with van der Waals surface area (Å²) >= 11 is 1.40. The van der Waals surface area contributed by atoms with Gasteiger partial charge in [-0.2, -0.15) is 13.2 Å². The van der Waals surface area contributed by atoms with Gasteiger partial charge in [-0.05, 0) is 36.2 Å². The highest BCUT2D eigenvalue weighted by Crippen LogP contribution is 2.33. The fourth-order valence-electron chi connectivity index (χ4n) is 4.41. The summed E-state index contributed by atoms with van der Waals surface area (Å²) in [6.07, 6.45) is -2.36. The largest absolute Gasteiger partial charge is 0.416 e. The number of rotatable bonds is 4. The number of hydrogen-bond acceptors (Lipinski definition) is 6. The minimum absolute atomic E-state index is 0.0710. The van der Waals surface area contributed by atoms with E-state index < -0.39 is 11.7 Å². The third-order valence-electron chi connectivity index (χ3n) is 6.33. The quantitative estimate of drug-likeness (QED) is 0.560. The molecule has 2 aliphatic rings. The van der Waals surface area contributed by atoms with Crippen molar-refractivity contribution in [3.8, 4) is 0 Å². The van der Waals surface area contributed by atoms with E-state index in [2.05, 4.69) is 9.88 Å². The van der Waals surface area contributed by atoms with Gasteiger partial charge in [-0.3, -0.25) is 19.1 Å². The SMILES string of the molecule is O=C(c1ccc(C(F)(F)F)cc1)N1CCc2c(sc3ncn(CCN4CCOCC4)c(=O)c23)C1. The molecule has 7 nitrogen and oxygen atoms in total. The average Bonchev–Trinajstić information content (AvgIpc) is 3.22. The van der Waals surface area contributed by atoms with Gasteiger partial charge in [0, 0.05) is 43.2 Å². The Balaban J connectivity index is 1.33. The molecule has 2 aliphatic heterocycles. The van der Waals surface area contributed by atoms with E-state index in [1.54, 1.807) is 15.8 Å². The Kier molecular flexibility index (Phi) is 6.17. The Hall–Kier alpha value is -2.76. The normalized spacial score (nSPS) is 17.2. The summed E-state index contributed by atoms with van der Waals surface area (Å²) in [7, 11) is 0. The molecule has 11 heteroatoms. The molecule has 0 spiro atoms. The van der Waals surface area contributed by atoms with Crippen molar-refractivity contribution in [3.05, 3.63) is 62.5 Å². The van der Waals surface area contributed by atoms with Crippen molar-refractivity contribution in [2.24, 2.45) is 0 Å². The van der Waals surface area contributed by atoms with Gasteiger partial charge in [-0.25, -0.2) is 4.98 Å². The Labute approximate surface area is 197 Å². The first-order chi connectivity index (χ1) is 16.3. The molecule has 5 rings (SSSR count). The van der Waals surface area contributed by atoms with Crippen LogP contribution in [-0.2, 0) is 30.4 Å². The van der Waals surface area contributed by atoms with E-state index in [-0.39, 0.29) is 17.0 Å². The fraction of sp³-hybridized carbons (Fsp3) is 0.435. The zero-order valence-electron chi connectivity index (χ0n) is 18.3. The molecule has 34 heavy (non-hydrogen) atoms. The highest BCUT2D eigenvalue weighted by atomic mass is 32.1. The van der Waals surface area contributed by atoms with Crippen molar-refractivity contribution in [1.29, 1.82) is 0 Å². The molecule has 0 radical (unpaired) electrons. The van der Waals surface area contributed by atoms with E-state index in [0.29, 0.717) is 49.5 Å². The molecular formula is C23H23F3N4O3S. The molecule has 1 amide bonds. The van der Waals surface area contributed by atoms with Crippen LogP contribution in [0.25, 0.3) is 10.2 Å². The Morgan fingerprint density at radius 3 is 2.53 bits per heavy atom. The zero-order chi connectivity index (χ0) is 23.9. The van der Waals surface area contributed by atoms with Crippen molar-refractivity contribution < 1.29 is 22.7 Å². The highest BCUT2D eigenvalue weighted by Gasteiger charge is 2.31. The molecule has 0 N–H and O–H groups in total. The fourth-order valence-corrected chi connectivity index (χ4v) is 5.60. The predicted octanol–water partition coefficient (Wildman–Crippen LogP) is 3.01. The summed E-state index contributed by atoms with van der Waals surface area (Å²) in [6.45, 7) is 5.09. The van der Waals surface area contributed by atoms with Crippen molar-refractivity contribution in [1.82, 2.24) is 19.4 Å². The second-order valence-corrected chi connectivity index (χ2v) is 9.52. The Morgan fingerprint density at radius 2 is 1.82 bits per heavy atom. The van der Waals surface area contributed by atoms with Crippen LogP contribution in [0.5, 0.6) is 0 Å². The van der Waals surface area contributed by atoms with Crippen molar-refractivity contribution in [2.75, 3.05) is 39.4 Å². The number of benzene rings is 1. The van der Waals surface area contributed by atoms with Crippen LogP contribution in [0, 0.1) is 0 Å². The summed E-state index contributed by atoms with van der Waals surface area (Å²) in [5.74, 6) is -0.326. The van der Waals surface area contributed by atoms with Crippen LogP contribution < -0.4 is 5.56 Å². The lowest BCUT2D eigenvalue weighted by Gasteiger charge is -2.27. The van der Waals surface area contributed by atoms with Crippen molar-refractivity contribution >= 4 is 27.5 Å². The highest BCUT2D eigenvalue weighted by molar-refractivity contribution is 7.18. The summed E-state index contributed by atoms with van der Waals surface area (Å²) < 4.78 is 45.4. The number of fused-ring (bicyclic) bond motifs is 3. The predicted molar refractivity (Wildman–Crippen MR) is 121 cm³/mol. The Bertz CT molecular complexity index is 1260. The maximum absolute atomic E-state index is 13.2. The topological polar surface area (TPSA) is 67.7 Å². The summed E-state index contributed by atoms with van der Waals surface area (Å²) in [5.41, 5.74) is 0.277. The summed E-state index contributed by atoms with van der Waals surface area (Å²) in [5, 5.41) is 0.617. The van der Waals surface area contributed by atoms with Crippen LogP contribution in [0.2, 0.25) is 0 Å². The maximum atomic E-state index is 13.2. The number of carbonyl (C=O) groups is 1. The van der Waals surface area contributed by atoms with E-state index in [1.807, 2.05) is 0 Å². The Morgan fingerprint density at radius 1 is 1.09 bits per heavy atom. The van der Waals surface area contributed by atoms with Crippen LogP contribution in [-0.4, -0.2) is 64.7 Å². The molecule has 0 saturated carbocycles. The first-order valence-corrected chi connectivity index (χ1v) is 11.9. The second-order valence-electron chi connectivity index (χ2n) is 8.43. The number of ether oxygens (including phenoxy) is 1. The van der Waals surface area contributed by atoms with Gasteiger partial charge in [-0.15, -0.1) is 11.3 Å². The number of halogens is 3. The average molecular weight is 493 g/mol. The van der Waals surface area contributed by atoms with Crippen LogP contribution >= 0.6 is 11.3 Å². The van der Waals surface area contributed by atoms with Crippen LogP contribution in [0.1, 0.15) is 26.4 Å². The van der Waals surface area contributed by atoms with E-state index in [1.165, 1.54) is 23.5 Å². The van der Waals surface area contributed by atoms with Crippen LogP contribution in [0.15, 0.2) is 35.4 Å². The maximum Gasteiger partial charge on any atom is 0.416 e. The van der Waals surface area contributed by atoms with Gasteiger partial charge in [0.05, 0.1) is 37.0 Å². The van der Waals surface area contributed by atoms with Gasteiger partial charge in [-0.1, -0.05) is 0 Å². The number of aromatic nitrogens is 2. The molecule has 1 saturated heterocycles. The van der Waals surface area contributed by atoms with E-state index >= 15 is 0 Å². The van der Waals surface area contributed by atoms with Crippen molar-refractivity contribution in [2.45, 2.75) is 25.7 Å². The number of amides is 1. The molecule has 0 unspecified atom stereocenters. The minimum atomic E-state index is -4.44. The lowest BCUT2D eigenvalue weighted by molar-refractivity contribution is -0.137. The molecule has 4 heterocycles. The van der Waals surface area contributed by atoms with Crippen LogP contribution in [0.3, 0.4) is 0 Å². The first-order valence-electron chi connectivity index (χ1n) is 11.1. The van der Waals surface area contributed by atoms with Gasteiger partial charge >= 0.3 is 6.18 Å². The van der Waals surface area contributed by atoms with Gasteiger partial charge < -0.3 is 9.64 Å². The molecule has 3 aromatic rings. The number of alkyl halides is 3. The molecule has 1 aromatic carbocycles. The number of thiophene rings is 1. The molecular weight excluding hydrogens is 469 g/mol. The first kappa shape index (κ1) is 23.0. The van der Waals surface area contributed by atoms with E-state index in [0.717, 1.165) is 42.2 Å². The van der Waals surface area contributed by atoms with Gasteiger partial charge in [0.1, 0.15) is 4.83 Å². The summed E-state index contributed by atoms with van der Waals surface area (Å²) in [4.78, 5) is 36.0. The van der Waals surface area contributed by atoms with E-state index in [9.17, 15) is 22.8 Å². The zero-order valence-corrected chi connectivity index (χ0v) is 19.1. The van der Waals surface area contributed by atoms with E-state index in [4.69, 9.17) is 4.74 Å². The number of hydrogen-bond donors (Lipinski definition) is 0. The van der Waals surface area contributed by atoms with Crippen molar-refractivity contribution in [3.63, 3.8) is 0 Å². The molecule has 0 atom stereocenters.